The predicted octanol–water partition coefficient (Wildman–Crippen LogP) is 2.11. The van der Waals surface area contributed by atoms with Crippen molar-refractivity contribution < 1.29 is 43.6 Å². The van der Waals surface area contributed by atoms with Gasteiger partial charge in [0.1, 0.15) is 4.90 Å². The molecule has 14 heteroatoms. The summed E-state index contributed by atoms with van der Waals surface area (Å²) in [5, 5.41) is 0.233. The van der Waals surface area contributed by atoms with Gasteiger partial charge in [0, 0.05) is 36.2 Å². The van der Waals surface area contributed by atoms with Crippen LogP contribution in [-0.2, 0) is 40.5 Å². The van der Waals surface area contributed by atoms with E-state index in [1.165, 1.54) is 13.2 Å². The van der Waals surface area contributed by atoms with Gasteiger partial charge in [0.2, 0.25) is 0 Å². The number of hydrogen-bond donors (Lipinski definition) is 3. The molecule has 0 bridgehead atoms. The fraction of sp³-hybridized carbons (Fsp3) is 0.500. The number of methoxy groups -OCH3 is 1. The quantitative estimate of drug-likeness (QED) is 0.399. The minimum absolute atomic E-state index is 0.0513. The second-order valence-corrected chi connectivity index (χ2v) is 13.0. The van der Waals surface area contributed by atoms with Crippen LogP contribution >= 0.6 is 0 Å². The Morgan fingerprint density at radius 3 is 2.18 bits per heavy atom. The van der Waals surface area contributed by atoms with E-state index < -0.39 is 51.3 Å². The lowest BCUT2D eigenvalue weighted by Crippen LogP contribution is -2.42. The van der Waals surface area contributed by atoms with E-state index in [0.29, 0.717) is 30.5 Å². The molecule has 34 heavy (non-hydrogen) atoms. The summed E-state index contributed by atoms with van der Waals surface area (Å²) in [5.74, 6) is -0.486. The molecule has 2 atom stereocenters. The average Bonchev–Trinajstić information content (AvgIpc) is 2.90. The van der Waals surface area contributed by atoms with Gasteiger partial charge in [-0.25, -0.2) is 0 Å². The maximum absolute atomic E-state index is 12.1. The van der Waals surface area contributed by atoms with Crippen molar-refractivity contribution in [3.05, 3.63) is 29.8 Å². The second-order valence-electron chi connectivity index (χ2n) is 8.60. The standard InChI is InChI=1S/C20H27NO10S3/c1-13-20(2,7-4-10-32(22,23)24)19-16-11-14(33(25,26)27)12-18(34(28,29)30)15(16)5-6-17(19)21(13)8-9-31-3/h5-6,11-13H,4,7-10H2,1-3H3,(H,22,23,24)(H,25,26,27)(H,28,29,30). The van der Waals surface area contributed by atoms with Crippen molar-refractivity contribution in [1.82, 2.24) is 0 Å². The first-order valence-electron chi connectivity index (χ1n) is 10.3. The fourth-order valence-electron chi connectivity index (χ4n) is 4.79. The monoisotopic (exact) mass is 537 g/mol. The second kappa shape index (κ2) is 9.00. The van der Waals surface area contributed by atoms with E-state index in [1.807, 2.05) is 18.7 Å². The number of rotatable bonds is 9. The van der Waals surface area contributed by atoms with Crippen LogP contribution in [-0.4, -0.2) is 71.0 Å². The van der Waals surface area contributed by atoms with E-state index in [4.69, 9.17) is 4.74 Å². The van der Waals surface area contributed by atoms with Gasteiger partial charge in [0.25, 0.3) is 30.4 Å². The molecule has 0 radical (unpaired) electrons. The minimum Gasteiger partial charge on any atom is -0.383 e. The molecule has 0 aromatic heterocycles. The molecule has 0 fully saturated rings. The van der Waals surface area contributed by atoms with Gasteiger partial charge in [0.15, 0.2) is 0 Å². The smallest absolute Gasteiger partial charge is 0.295 e. The number of anilines is 1. The third-order valence-corrected chi connectivity index (χ3v) is 9.06. The summed E-state index contributed by atoms with van der Waals surface area (Å²) in [6.45, 7) is 4.52. The zero-order chi connectivity index (χ0) is 25.7. The molecule has 3 N–H and O–H groups in total. The molecule has 0 saturated heterocycles. The Bertz CT molecular complexity index is 1430. The van der Waals surface area contributed by atoms with Gasteiger partial charge < -0.3 is 9.64 Å². The summed E-state index contributed by atoms with van der Waals surface area (Å²) in [6, 6.07) is 4.68. The Morgan fingerprint density at radius 1 is 1.00 bits per heavy atom. The van der Waals surface area contributed by atoms with Crippen LogP contribution in [0.3, 0.4) is 0 Å². The summed E-state index contributed by atoms with van der Waals surface area (Å²) in [7, 11) is -12.4. The van der Waals surface area contributed by atoms with E-state index in [9.17, 15) is 38.9 Å². The van der Waals surface area contributed by atoms with Crippen LogP contribution in [0.5, 0.6) is 0 Å². The van der Waals surface area contributed by atoms with Crippen molar-refractivity contribution in [3.63, 3.8) is 0 Å². The number of hydrogen-bond acceptors (Lipinski definition) is 8. The van der Waals surface area contributed by atoms with Crippen molar-refractivity contribution in [1.29, 1.82) is 0 Å². The normalized spacial score (nSPS) is 21.2. The molecular formula is C20H27NO10S3. The predicted molar refractivity (Wildman–Crippen MR) is 125 cm³/mol. The van der Waals surface area contributed by atoms with Gasteiger partial charge in [-0.1, -0.05) is 13.0 Å². The first-order valence-corrected chi connectivity index (χ1v) is 14.8. The number of benzene rings is 2. The highest BCUT2D eigenvalue weighted by atomic mass is 32.2. The number of nitrogens with zero attached hydrogens (tertiary/aromatic N) is 1. The molecule has 190 valence electrons. The molecule has 2 aromatic rings. The van der Waals surface area contributed by atoms with Gasteiger partial charge in [-0.3, -0.25) is 13.7 Å². The van der Waals surface area contributed by atoms with Crippen molar-refractivity contribution in [2.45, 2.75) is 47.9 Å². The van der Waals surface area contributed by atoms with E-state index >= 15 is 0 Å². The number of fused-ring (bicyclic) bond motifs is 3. The molecule has 0 spiro atoms. The van der Waals surface area contributed by atoms with Crippen LogP contribution in [0.1, 0.15) is 32.3 Å². The van der Waals surface area contributed by atoms with E-state index in [2.05, 4.69) is 0 Å². The zero-order valence-electron chi connectivity index (χ0n) is 18.8. The first-order chi connectivity index (χ1) is 15.5. The molecule has 1 aliphatic rings. The maximum Gasteiger partial charge on any atom is 0.295 e. The maximum atomic E-state index is 12.1. The Morgan fingerprint density at radius 2 is 1.65 bits per heavy atom. The molecule has 0 saturated carbocycles. The lowest BCUT2D eigenvalue weighted by Gasteiger charge is -2.34. The first kappa shape index (κ1) is 26.8. The van der Waals surface area contributed by atoms with E-state index in [0.717, 1.165) is 6.07 Å². The SMILES string of the molecule is COCCN1c2ccc3c(S(=O)(=O)O)cc(S(=O)(=O)O)cc3c2C(C)(CCCS(=O)(=O)O)C1C. The van der Waals surface area contributed by atoms with Crippen LogP contribution in [0.2, 0.25) is 0 Å². The molecule has 3 rings (SSSR count). The Kier molecular flexibility index (Phi) is 7.09. The van der Waals surface area contributed by atoms with Gasteiger partial charge in [-0.15, -0.1) is 0 Å². The molecule has 2 unspecified atom stereocenters. The van der Waals surface area contributed by atoms with Crippen molar-refractivity contribution >= 4 is 46.8 Å². The molecule has 0 amide bonds. The lowest BCUT2D eigenvalue weighted by atomic mass is 9.74. The van der Waals surface area contributed by atoms with Gasteiger partial charge in [-0.2, -0.15) is 25.3 Å². The van der Waals surface area contributed by atoms with E-state index in [-0.39, 0.29) is 29.7 Å². The van der Waals surface area contributed by atoms with Gasteiger partial charge in [0.05, 0.1) is 17.3 Å². The number of ether oxygens (including phenoxy) is 1. The van der Waals surface area contributed by atoms with Crippen molar-refractivity contribution in [2.75, 3.05) is 30.9 Å². The average molecular weight is 538 g/mol. The summed E-state index contributed by atoms with van der Waals surface area (Å²) in [6.07, 6.45) is 0.331. The van der Waals surface area contributed by atoms with Crippen LogP contribution in [0.25, 0.3) is 10.8 Å². The molecule has 2 aromatic carbocycles. The molecule has 11 nitrogen and oxygen atoms in total. The minimum atomic E-state index is -4.87. The van der Waals surface area contributed by atoms with Crippen LogP contribution in [0.4, 0.5) is 5.69 Å². The van der Waals surface area contributed by atoms with Crippen LogP contribution in [0, 0.1) is 0 Å². The summed E-state index contributed by atoms with van der Waals surface area (Å²) >= 11 is 0. The van der Waals surface area contributed by atoms with E-state index in [1.54, 1.807) is 6.07 Å². The largest absolute Gasteiger partial charge is 0.383 e. The van der Waals surface area contributed by atoms with Crippen molar-refractivity contribution in [3.8, 4) is 0 Å². The van der Waals surface area contributed by atoms with Crippen LogP contribution in [0.15, 0.2) is 34.1 Å². The Hall–Kier alpha value is -1.81. The third kappa shape index (κ3) is 5.08. The Balaban J connectivity index is 2.37. The summed E-state index contributed by atoms with van der Waals surface area (Å²) < 4.78 is 104. The Labute approximate surface area is 199 Å². The fourth-order valence-corrected chi connectivity index (χ4v) is 6.64. The molecule has 1 heterocycles. The lowest BCUT2D eigenvalue weighted by molar-refractivity contribution is 0.201. The van der Waals surface area contributed by atoms with Gasteiger partial charge >= 0.3 is 0 Å². The highest BCUT2D eigenvalue weighted by molar-refractivity contribution is 7.87. The van der Waals surface area contributed by atoms with Crippen LogP contribution < -0.4 is 4.90 Å². The molecule has 1 aliphatic heterocycles. The third-order valence-electron chi connectivity index (χ3n) is 6.53. The van der Waals surface area contributed by atoms with Crippen molar-refractivity contribution in [2.24, 2.45) is 0 Å². The zero-order valence-corrected chi connectivity index (χ0v) is 21.2. The van der Waals surface area contributed by atoms with Gasteiger partial charge in [-0.05, 0) is 48.9 Å². The highest BCUT2D eigenvalue weighted by Crippen LogP contribution is 2.51. The molecular weight excluding hydrogens is 510 g/mol. The summed E-state index contributed by atoms with van der Waals surface area (Å²) in [4.78, 5) is 0.604. The summed E-state index contributed by atoms with van der Waals surface area (Å²) in [5.41, 5.74) is 0.376. The topological polar surface area (TPSA) is 176 Å². The molecule has 0 aliphatic carbocycles. The highest BCUT2D eigenvalue weighted by Gasteiger charge is 2.46.